The first kappa shape index (κ1) is 19.4. The number of carbonyl (C=O) groups is 1. The molecule has 2 aromatic rings. The molecule has 3 rings (SSSR count). The molecule has 1 aromatic heterocycles. The fraction of sp³-hybridized carbons (Fsp3) is 0.500. The molecule has 0 spiro atoms. The largest absolute Gasteiger partial charge is 0.491 e. The number of anilines is 1. The average molecular weight is 372 g/mol. The van der Waals surface area contributed by atoms with Crippen LogP contribution in [0.5, 0.6) is 5.75 Å². The molecule has 7 heteroatoms. The van der Waals surface area contributed by atoms with Gasteiger partial charge in [-0.3, -0.25) is 14.4 Å². The first-order chi connectivity index (χ1) is 12.8. The molecule has 2 heterocycles. The summed E-state index contributed by atoms with van der Waals surface area (Å²) >= 11 is 0. The van der Waals surface area contributed by atoms with Gasteiger partial charge in [-0.2, -0.15) is 5.10 Å². The molecule has 1 fully saturated rings. The summed E-state index contributed by atoms with van der Waals surface area (Å²) in [6.07, 6.45) is 3.26. The van der Waals surface area contributed by atoms with Gasteiger partial charge in [0.25, 0.3) is 0 Å². The number of benzene rings is 1. The van der Waals surface area contributed by atoms with Crippen LogP contribution in [0, 0.1) is 13.8 Å². The normalized spacial score (nSPS) is 20.4. The SMILES string of the molecule is Cc1ccc(OCC2(O)CCCN(CC(=O)Nc3ccn(C)n3)C2)cc1C. The summed E-state index contributed by atoms with van der Waals surface area (Å²) < 4.78 is 7.48. The number of aryl methyl sites for hydroxylation is 3. The van der Waals surface area contributed by atoms with E-state index in [9.17, 15) is 9.90 Å². The Hall–Kier alpha value is -2.38. The molecular formula is C20H28N4O3. The van der Waals surface area contributed by atoms with Crippen molar-refractivity contribution in [3.8, 4) is 5.75 Å². The lowest BCUT2D eigenvalue weighted by Crippen LogP contribution is -2.53. The number of hydrogen-bond acceptors (Lipinski definition) is 5. The molecule has 0 bridgehead atoms. The zero-order valence-electron chi connectivity index (χ0n) is 16.2. The van der Waals surface area contributed by atoms with Crippen molar-refractivity contribution >= 4 is 11.7 Å². The lowest BCUT2D eigenvalue weighted by atomic mass is 9.93. The van der Waals surface area contributed by atoms with Crippen LogP contribution in [0.3, 0.4) is 0 Å². The molecule has 1 aliphatic heterocycles. The molecule has 1 atom stereocenters. The molecule has 0 saturated carbocycles. The summed E-state index contributed by atoms with van der Waals surface area (Å²) in [7, 11) is 1.80. The van der Waals surface area contributed by atoms with E-state index in [1.54, 1.807) is 24.0 Å². The third kappa shape index (κ3) is 5.30. The maximum atomic E-state index is 12.2. The van der Waals surface area contributed by atoms with E-state index in [1.807, 2.05) is 30.0 Å². The Morgan fingerprint density at radius 3 is 2.85 bits per heavy atom. The van der Waals surface area contributed by atoms with Crippen LogP contribution < -0.4 is 10.1 Å². The van der Waals surface area contributed by atoms with E-state index in [0.717, 1.165) is 24.3 Å². The number of β-amino-alcohol motifs (C(OH)–C–C–N with tert-alkyl or cyclic N) is 1. The van der Waals surface area contributed by atoms with Crippen molar-refractivity contribution in [1.82, 2.24) is 14.7 Å². The molecule has 27 heavy (non-hydrogen) atoms. The van der Waals surface area contributed by atoms with E-state index < -0.39 is 5.60 Å². The van der Waals surface area contributed by atoms with E-state index in [4.69, 9.17) is 4.74 Å². The second-order valence-corrected chi connectivity index (χ2v) is 7.50. The lowest BCUT2D eigenvalue weighted by molar-refractivity contribution is -0.119. The molecular weight excluding hydrogens is 344 g/mol. The Morgan fingerprint density at radius 1 is 1.33 bits per heavy atom. The predicted molar refractivity (Wildman–Crippen MR) is 104 cm³/mol. The smallest absolute Gasteiger partial charge is 0.239 e. The topological polar surface area (TPSA) is 79.6 Å². The zero-order chi connectivity index (χ0) is 19.4. The highest BCUT2D eigenvalue weighted by Gasteiger charge is 2.34. The minimum atomic E-state index is -0.956. The van der Waals surface area contributed by atoms with Crippen molar-refractivity contribution in [2.45, 2.75) is 32.3 Å². The van der Waals surface area contributed by atoms with Gasteiger partial charge in [-0.05, 0) is 56.5 Å². The Labute approximate surface area is 159 Å². The number of likely N-dealkylation sites (tertiary alicyclic amines) is 1. The molecule has 1 unspecified atom stereocenters. The maximum absolute atomic E-state index is 12.2. The number of hydrogen-bond donors (Lipinski definition) is 2. The van der Waals surface area contributed by atoms with Crippen molar-refractivity contribution in [1.29, 1.82) is 0 Å². The number of piperidine rings is 1. The summed E-state index contributed by atoms with van der Waals surface area (Å²) in [5.41, 5.74) is 1.42. The standard InChI is InChI=1S/C20H28N4O3/c1-15-5-6-17(11-16(15)2)27-14-20(26)8-4-9-24(13-20)12-19(25)21-18-7-10-23(3)22-18/h5-7,10-11,26H,4,8-9,12-14H2,1-3H3,(H,21,22,25). The summed E-state index contributed by atoms with van der Waals surface area (Å²) in [6, 6.07) is 7.68. The molecule has 7 nitrogen and oxygen atoms in total. The number of amides is 1. The Morgan fingerprint density at radius 2 is 2.15 bits per heavy atom. The lowest BCUT2D eigenvalue weighted by Gasteiger charge is -2.38. The number of carbonyl (C=O) groups excluding carboxylic acids is 1. The van der Waals surface area contributed by atoms with Gasteiger partial charge in [-0.15, -0.1) is 0 Å². The van der Waals surface area contributed by atoms with Gasteiger partial charge in [0.05, 0.1) is 6.54 Å². The molecule has 0 aliphatic carbocycles. The van der Waals surface area contributed by atoms with Gasteiger partial charge in [0, 0.05) is 25.9 Å². The van der Waals surface area contributed by atoms with Crippen LogP contribution in [0.4, 0.5) is 5.82 Å². The molecule has 146 valence electrons. The van der Waals surface area contributed by atoms with Crippen LogP contribution >= 0.6 is 0 Å². The van der Waals surface area contributed by atoms with Gasteiger partial charge < -0.3 is 15.2 Å². The van der Waals surface area contributed by atoms with Crippen LogP contribution in [0.2, 0.25) is 0 Å². The molecule has 0 radical (unpaired) electrons. The highest BCUT2D eigenvalue weighted by molar-refractivity contribution is 5.91. The van der Waals surface area contributed by atoms with Crippen molar-refractivity contribution in [3.05, 3.63) is 41.6 Å². The monoisotopic (exact) mass is 372 g/mol. The Bertz CT molecular complexity index is 804. The maximum Gasteiger partial charge on any atom is 0.239 e. The fourth-order valence-corrected chi connectivity index (χ4v) is 3.35. The molecule has 1 aliphatic rings. The highest BCUT2D eigenvalue weighted by Crippen LogP contribution is 2.24. The van der Waals surface area contributed by atoms with E-state index in [-0.39, 0.29) is 19.1 Å². The predicted octanol–water partition coefficient (Wildman–Crippen LogP) is 1.88. The Balaban J connectivity index is 1.52. The highest BCUT2D eigenvalue weighted by atomic mass is 16.5. The zero-order valence-corrected chi connectivity index (χ0v) is 16.2. The van der Waals surface area contributed by atoms with Crippen LogP contribution in [-0.2, 0) is 11.8 Å². The minimum absolute atomic E-state index is 0.131. The molecule has 2 N–H and O–H groups in total. The number of ether oxygens (including phenoxy) is 1. The summed E-state index contributed by atoms with van der Waals surface area (Å²) in [6.45, 7) is 5.73. The van der Waals surface area contributed by atoms with Crippen molar-refractivity contribution in [2.24, 2.45) is 7.05 Å². The second-order valence-electron chi connectivity index (χ2n) is 7.50. The molecule has 1 saturated heterocycles. The third-order valence-electron chi connectivity index (χ3n) is 4.97. The van der Waals surface area contributed by atoms with Gasteiger partial charge in [0.2, 0.25) is 5.91 Å². The van der Waals surface area contributed by atoms with Gasteiger partial charge in [0.1, 0.15) is 18.0 Å². The van der Waals surface area contributed by atoms with E-state index >= 15 is 0 Å². The first-order valence-electron chi connectivity index (χ1n) is 9.27. The number of nitrogens with zero attached hydrogens (tertiary/aromatic N) is 3. The number of aromatic nitrogens is 2. The van der Waals surface area contributed by atoms with Crippen molar-refractivity contribution < 1.29 is 14.6 Å². The summed E-state index contributed by atoms with van der Waals surface area (Å²) in [5, 5.41) is 17.8. The average Bonchev–Trinajstić information content (AvgIpc) is 3.01. The number of aliphatic hydroxyl groups is 1. The Kier molecular flexibility index (Phi) is 5.82. The van der Waals surface area contributed by atoms with Crippen LogP contribution in [0.1, 0.15) is 24.0 Å². The van der Waals surface area contributed by atoms with Crippen LogP contribution in [0.25, 0.3) is 0 Å². The summed E-state index contributed by atoms with van der Waals surface area (Å²) in [5.74, 6) is 1.16. The van der Waals surface area contributed by atoms with Gasteiger partial charge >= 0.3 is 0 Å². The quantitative estimate of drug-likeness (QED) is 0.809. The third-order valence-corrected chi connectivity index (χ3v) is 4.97. The number of nitrogens with one attached hydrogen (secondary N) is 1. The van der Waals surface area contributed by atoms with E-state index in [2.05, 4.69) is 17.3 Å². The van der Waals surface area contributed by atoms with Gasteiger partial charge in [-0.1, -0.05) is 6.07 Å². The molecule has 1 aromatic carbocycles. The van der Waals surface area contributed by atoms with Crippen molar-refractivity contribution in [2.75, 3.05) is 31.6 Å². The molecule has 1 amide bonds. The van der Waals surface area contributed by atoms with Crippen LogP contribution in [-0.4, -0.2) is 57.5 Å². The second kappa shape index (κ2) is 8.10. The van der Waals surface area contributed by atoms with E-state index in [0.29, 0.717) is 18.8 Å². The van der Waals surface area contributed by atoms with Crippen LogP contribution in [0.15, 0.2) is 30.5 Å². The van der Waals surface area contributed by atoms with Gasteiger partial charge in [0.15, 0.2) is 5.82 Å². The first-order valence-corrected chi connectivity index (χ1v) is 9.27. The van der Waals surface area contributed by atoms with E-state index in [1.165, 1.54) is 5.56 Å². The van der Waals surface area contributed by atoms with Crippen molar-refractivity contribution in [3.63, 3.8) is 0 Å². The fourth-order valence-electron chi connectivity index (χ4n) is 3.35. The van der Waals surface area contributed by atoms with Gasteiger partial charge in [-0.25, -0.2) is 0 Å². The summed E-state index contributed by atoms with van der Waals surface area (Å²) in [4.78, 5) is 14.2. The minimum Gasteiger partial charge on any atom is -0.491 e. The number of rotatable bonds is 6.